The third kappa shape index (κ3) is 2.71. The van der Waals surface area contributed by atoms with Crippen molar-refractivity contribution in [3.63, 3.8) is 0 Å². The number of ether oxygens (including phenoxy) is 1. The fraction of sp³-hybridized carbons (Fsp3) is 0.360. The molecule has 3 aromatic rings. The Kier molecular flexibility index (Phi) is 3.93. The van der Waals surface area contributed by atoms with E-state index in [0.717, 1.165) is 35.6 Å². The van der Waals surface area contributed by atoms with Gasteiger partial charge in [-0.1, -0.05) is 24.3 Å². The number of fused-ring (bicyclic) bond motifs is 1. The zero-order chi connectivity index (χ0) is 21.3. The number of pyridine rings is 1. The number of piperidine rings is 2. The topological polar surface area (TPSA) is 54.5 Å². The fourth-order valence-electron chi connectivity index (χ4n) is 5.67. The molecule has 1 saturated carbocycles. The summed E-state index contributed by atoms with van der Waals surface area (Å²) in [6.07, 6.45) is 4.50. The molecule has 1 N–H and O–H groups in total. The van der Waals surface area contributed by atoms with Crippen LogP contribution in [0.2, 0.25) is 0 Å². The predicted molar refractivity (Wildman–Crippen MR) is 117 cm³/mol. The minimum Gasteiger partial charge on any atom is -0.373 e. The highest BCUT2D eigenvalue weighted by Crippen LogP contribution is 2.53. The van der Waals surface area contributed by atoms with Gasteiger partial charge in [-0.2, -0.15) is 0 Å². The molecule has 4 heterocycles. The summed E-state index contributed by atoms with van der Waals surface area (Å²) in [6.45, 7) is 4.38. The molecule has 1 aliphatic carbocycles. The van der Waals surface area contributed by atoms with E-state index in [1.807, 2.05) is 36.1 Å². The van der Waals surface area contributed by atoms with Gasteiger partial charge in [-0.3, -0.25) is 4.79 Å². The van der Waals surface area contributed by atoms with E-state index in [9.17, 15) is 9.18 Å². The van der Waals surface area contributed by atoms with Crippen molar-refractivity contribution >= 4 is 28.2 Å². The molecule has 5 nitrogen and oxygen atoms in total. The molecule has 4 aliphatic rings. The molecule has 1 amide bonds. The molecule has 2 aromatic carbocycles. The first kappa shape index (κ1) is 18.8. The number of anilines is 2. The second-order valence-corrected chi connectivity index (χ2v) is 9.18. The molecule has 4 fully saturated rings. The Morgan fingerprint density at radius 3 is 2.77 bits per heavy atom. The number of hydrogen-bond donors (Lipinski definition) is 1. The van der Waals surface area contributed by atoms with Crippen LogP contribution in [0.25, 0.3) is 10.8 Å². The summed E-state index contributed by atoms with van der Waals surface area (Å²) in [5.41, 5.74) is 2.89. The Labute approximate surface area is 180 Å². The van der Waals surface area contributed by atoms with Crippen LogP contribution in [0, 0.1) is 19.7 Å². The average Bonchev–Trinajstić information content (AvgIpc) is 3.04. The molecule has 1 spiro atoms. The van der Waals surface area contributed by atoms with Crippen LogP contribution in [0.4, 0.5) is 15.9 Å². The summed E-state index contributed by atoms with van der Waals surface area (Å²) in [5, 5.41) is 5.03. The highest BCUT2D eigenvalue weighted by molar-refractivity contribution is 6.11. The SMILES string of the molecule is Cc1c(F)cccc1Nc1ncc(C(=O)N2C3COC4(C3)CC2C4)c2c(C)cccc12. The van der Waals surface area contributed by atoms with Gasteiger partial charge in [0.05, 0.1) is 23.8 Å². The minimum atomic E-state index is -0.266. The van der Waals surface area contributed by atoms with Crippen LogP contribution in [-0.2, 0) is 4.74 Å². The first-order valence-electron chi connectivity index (χ1n) is 10.8. The molecule has 31 heavy (non-hydrogen) atoms. The van der Waals surface area contributed by atoms with Gasteiger partial charge in [0, 0.05) is 34.3 Å². The van der Waals surface area contributed by atoms with Gasteiger partial charge >= 0.3 is 0 Å². The Morgan fingerprint density at radius 2 is 1.94 bits per heavy atom. The molecular formula is C25H24FN3O2. The summed E-state index contributed by atoms with van der Waals surface area (Å²) in [4.78, 5) is 20.4. The third-order valence-corrected chi connectivity index (χ3v) is 7.30. The van der Waals surface area contributed by atoms with Crippen LogP contribution < -0.4 is 5.32 Å². The number of carbonyl (C=O) groups excluding carboxylic acids is 1. The van der Waals surface area contributed by atoms with Gasteiger partial charge < -0.3 is 15.0 Å². The second kappa shape index (κ2) is 6.50. The lowest BCUT2D eigenvalue weighted by atomic mass is 9.68. The normalized spacial score (nSPS) is 26.1. The summed E-state index contributed by atoms with van der Waals surface area (Å²) >= 11 is 0. The molecule has 0 radical (unpaired) electrons. The lowest BCUT2D eigenvalue weighted by Gasteiger charge is -2.54. The van der Waals surface area contributed by atoms with Crippen LogP contribution in [-0.4, -0.2) is 40.1 Å². The molecule has 1 aromatic heterocycles. The lowest BCUT2D eigenvalue weighted by molar-refractivity contribution is -0.0995. The van der Waals surface area contributed by atoms with Gasteiger partial charge in [-0.25, -0.2) is 9.37 Å². The number of halogens is 1. The Bertz CT molecular complexity index is 1230. The van der Waals surface area contributed by atoms with Gasteiger partial charge in [0.25, 0.3) is 5.91 Å². The number of nitrogens with one attached hydrogen (secondary N) is 1. The summed E-state index contributed by atoms with van der Waals surface area (Å²) in [7, 11) is 0. The van der Waals surface area contributed by atoms with Crippen molar-refractivity contribution in [1.82, 2.24) is 9.88 Å². The van der Waals surface area contributed by atoms with E-state index in [-0.39, 0.29) is 29.4 Å². The largest absolute Gasteiger partial charge is 0.373 e. The van der Waals surface area contributed by atoms with Crippen LogP contribution in [0.5, 0.6) is 0 Å². The smallest absolute Gasteiger partial charge is 0.256 e. The maximum atomic E-state index is 14.0. The highest BCUT2D eigenvalue weighted by atomic mass is 19.1. The van der Waals surface area contributed by atoms with Gasteiger partial charge in [-0.05, 0) is 50.8 Å². The molecule has 3 bridgehead atoms. The molecular weight excluding hydrogens is 393 g/mol. The van der Waals surface area contributed by atoms with Crippen molar-refractivity contribution in [2.45, 2.75) is 50.8 Å². The van der Waals surface area contributed by atoms with Crippen molar-refractivity contribution in [2.75, 3.05) is 11.9 Å². The number of nitrogens with zero attached hydrogens (tertiary/aromatic N) is 2. The quantitative estimate of drug-likeness (QED) is 0.660. The fourth-order valence-corrected chi connectivity index (χ4v) is 5.67. The summed E-state index contributed by atoms with van der Waals surface area (Å²) in [5.74, 6) is 0.390. The predicted octanol–water partition coefficient (Wildman–Crippen LogP) is 4.88. The Morgan fingerprint density at radius 1 is 1.16 bits per heavy atom. The Hall–Kier alpha value is -2.99. The van der Waals surface area contributed by atoms with Crippen LogP contribution in [0.3, 0.4) is 0 Å². The van der Waals surface area contributed by atoms with Crippen molar-refractivity contribution in [2.24, 2.45) is 0 Å². The molecule has 1 unspecified atom stereocenters. The van der Waals surface area contributed by atoms with E-state index in [4.69, 9.17) is 4.74 Å². The maximum absolute atomic E-state index is 14.0. The third-order valence-electron chi connectivity index (χ3n) is 7.30. The summed E-state index contributed by atoms with van der Waals surface area (Å²) < 4.78 is 20.0. The van der Waals surface area contributed by atoms with E-state index in [0.29, 0.717) is 29.2 Å². The standard InChI is InChI=1S/C25H24FN3O2/c1-14-5-3-6-18-22(14)19(12-27-23(18)28-21-8-4-7-20(26)15(21)2)24(30)29-16-9-25(10-16)11-17(29)13-31-25/h3-8,12,16-17H,9-11,13H2,1-2H3,(H,27,28). The zero-order valence-electron chi connectivity index (χ0n) is 17.6. The number of aryl methyl sites for hydroxylation is 1. The number of benzene rings is 2. The summed E-state index contributed by atoms with van der Waals surface area (Å²) in [6, 6.07) is 11.3. The second-order valence-electron chi connectivity index (χ2n) is 9.18. The Balaban J connectivity index is 1.43. The van der Waals surface area contributed by atoms with Gasteiger partial charge in [-0.15, -0.1) is 0 Å². The van der Waals surface area contributed by atoms with Crippen molar-refractivity contribution in [1.29, 1.82) is 0 Å². The average molecular weight is 417 g/mol. The monoisotopic (exact) mass is 417 g/mol. The van der Waals surface area contributed by atoms with Crippen molar-refractivity contribution in [3.05, 3.63) is 65.1 Å². The first-order valence-corrected chi connectivity index (χ1v) is 10.8. The maximum Gasteiger partial charge on any atom is 0.256 e. The zero-order valence-corrected chi connectivity index (χ0v) is 17.6. The first-order chi connectivity index (χ1) is 15.0. The molecule has 7 rings (SSSR count). The van der Waals surface area contributed by atoms with E-state index in [2.05, 4.69) is 10.3 Å². The van der Waals surface area contributed by atoms with Crippen molar-refractivity contribution in [3.8, 4) is 0 Å². The lowest BCUT2D eigenvalue weighted by Crippen LogP contribution is -2.63. The van der Waals surface area contributed by atoms with Crippen molar-refractivity contribution < 1.29 is 13.9 Å². The van der Waals surface area contributed by atoms with Gasteiger partial charge in [0.15, 0.2) is 0 Å². The molecule has 3 aliphatic heterocycles. The number of amides is 1. The molecule has 6 heteroatoms. The van der Waals surface area contributed by atoms with Gasteiger partial charge in [0.1, 0.15) is 11.6 Å². The van der Waals surface area contributed by atoms with E-state index in [1.54, 1.807) is 19.2 Å². The van der Waals surface area contributed by atoms with Crippen LogP contribution in [0.1, 0.15) is 40.7 Å². The number of carbonyl (C=O) groups is 1. The van der Waals surface area contributed by atoms with Crippen LogP contribution in [0.15, 0.2) is 42.6 Å². The van der Waals surface area contributed by atoms with E-state index >= 15 is 0 Å². The van der Waals surface area contributed by atoms with E-state index in [1.165, 1.54) is 6.07 Å². The van der Waals surface area contributed by atoms with E-state index < -0.39 is 0 Å². The molecule has 1 atom stereocenters. The highest BCUT2D eigenvalue weighted by Gasteiger charge is 2.61. The molecule has 3 saturated heterocycles. The number of aromatic nitrogens is 1. The van der Waals surface area contributed by atoms with Gasteiger partial charge in [0.2, 0.25) is 0 Å². The number of hydrogen-bond acceptors (Lipinski definition) is 4. The molecule has 158 valence electrons. The minimum absolute atomic E-state index is 0.0362. The van der Waals surface area contributed by atoms with Crippen LogP contribution >= 0.6 is 0 Å². The number of rotatable bonds is 3.